The number of carbonyl (C=O) groups is 2. The number of amides is 1. The maximum atomic E-state index is 11.8. The first-order valence-corrected chi connectivity index (χ1v) is 7.61. The van der Waals surface area contributed by atoms with Crippen molar-refractivity contribution in [2.75, 3.05) is 25.1 Å². The second-order valence-electron chi connectivity index (χ2n) is 5.38. The van der Waals surface area contributed by atoms with Gasteiger partial charge in [-0.25, -0.2) is 4.79 Å². The number of methoxy groups -OCH3 is 1. The molecule has 0 saturated carbocycles. The first-order valence-electron chi connectivity index (χ1n) is 7.61. The molecule has 0 spiro atoms. The molecule has 1 heterocycles. The molecule has 0 atom stereocenters. The van der Waals surface area contributed by atoms with E-state index < -0.39 is 5.97 Å². The topological polar surface area (TPSA) is 85.5 Å². The van der Waals surface area contributed by atoms with E-state index >= 15 is 0 Å². The Labute approximate surface area is 141 Å². The summed E-state index contributed by atoms with van der Waals surface area (Å²) in [5.74, 6) is -0.462. The highest BCUT2D eigenvalue weighted by atomic mass is 16.5. The van der Waals surface area contributed by atoms with E-state index in [0.717, 1.165) is 22.5 Å². The normalized spacial score (nSPS) is 10.3. The fraction of sp³-hybridized carbons (Fsp3) is 0.278. The average Bonchev–Trinajstić information content (AvgIpc) is 2.59. The lowest BCUT2D eigenvalue weighted by atomic mass is 10.0. The summed E-state index contributed by atoms with van der Waals surface area (Å²) in [6.45, 7) is 4.34. The van der Waals surface area contributed by atoms with Crippen LogP contribution in [0.4, 0.5) is 5.69 Å². The standard InChI is InChI=1S/C18H21N3O3/c1-12-10-14(5-7-17(12)21(9-8-19)13(2)22)16-6-4-15(11-20-16)18(23)24-3/h4-7,10-11H,8-9,19H2,1-3H3. The van der Waals surface area contributed by atoms with Crippen molar-refractivity contribution in [2.24, 2.45) is 5.73 Å². The largest absolute Gasteiger partial charge is 0.465 e. The Morgan fingerprint density at radius 3 is 2.50 bits per heavy atom. The fourth-order valence-corrected chi connectivity index (χ4v) is 2.50. The Morgan fingerprint density at radius 2 is 2.00 bits per heavy atom. The van der Waals surface area contributed by atoms with E-state index in [1.165, 1.54) is 20.2 Å². The van der Waals surface area contributed by atoms with Gasteiger partial charge in [0.1, 0.15) is 0 Å². The highest BCUT2D eigenvalue weighted by Gasteiger charge is 2.14. The van der Waals surface area contributed by atoms with Crippen molar-refractivity contribution in [1.82, 2.24) is 4.98 Å². The first kappa shape index (κ1) is 17.6. The zero-order chi connectivity index (χ0) is 17.7. The van der Waals surface area contributed by atoms with Gasteiger partial charge in [-0.2, -0.15) is 0 Å². The third-order valence-electron chi connectivity index (χ3n) is 3.70. The number of hydrogen-bond donors (Lipinski definition) is 1. The van der Waals surface area contributed by atoms with Crippen LogP contribution in [0.2, 0.25) is 0 Å². The molecular formula is C18H21N3O3. The maximum absolute atomic E-state index is 11.8. The number of hydrogen-bond acceptors (Lipinski definition) is 5. The van der Waals surface area contributed by atoms with Crippen molar-refractivity contribution in [3.8, 4) is 11.3 Å². The average molecular weight is 327 g/mol. The number of carbonyl (C=O) groups excluding carboxylic acids is 2. The molecule has 1 aromatic carbocycles. The van der Waals surface area contributed by atoms with E-state index in [0.29, 0.717) is 18.7 Å². The summed E-state index contributed by atoms with van der Waals surface area (Å²) in [4.78, 5) is 29.2. The lowest BCUT2D eigenvalue weighted by molar-refractivity contribution is -0.116. The molecule has 0 aliphatic carbocycles. The van der Waals surface area contributed by atoms with Crippen molar-refractivity contribution >= 4 is 17.6 Å². The molecular weight excluding hydrogens is 306 g/mol. The molecule has 2 rings (SSSR count). The highest BCUT2D eigenvalue weighted by molar-refractivity contribution is 5.93. The summed E-state index contributed by atoms with van der Waals surface area (Å²) >= 11 is 0. The van der Waals surface area contributed by atoms with Gasteiger partial charge in [0.05, 0.1) is 18.4 Å². The molecule has 6 heteroatoms. The van der Waals surface area contributed by atoms with Crippen LogP contribution in [0.3, 0.4) is 0 Å². The van der Waals surface area contributed by atoms with Gasteiger partial charge < -0.3 is 15.4 Å². The van der Waals surface area contributed by atoms with Crippen LogP contribution < -0.4 is 10.6 Å². The number of rotatable bonds is 5. The molecule has 2 N–H and O–H groups in total. The van der Waals surface area contributed by atoms with Crippen molar-refractivity contribution in [1.29, 1.82) is 0 Å². The number of ether oxygens (including phenoxy) is 1. The monoisotopic (exact) mass is 327 g/mol. The van der Waals surface area contributed by atoms with Gasteiger partial charge in [0.25, 0.3) is 0 Å². The number of aryl methyl sites for hydroxylation is 1. The van der Waals surface area contributed by atoms with Gasteiger partial charge in [0, 0.05) is 37.5 Å². The number of benzene rings is 1. The molecule has 1 amide bonds. The fourth-order valence-electron chi connectivity index (χ4n) is 2.50. The summed E-state index contributed by atoms with van der Waals surface area (Å²) in [6, 6.07) is 9.19. The van der Waals surface area contributed by atoms with Crippen LogP contribution in [0.15, 0.2) is 36.5 Å². The summed E-state index contributed by atoms with van der Waals surface area (Å²) in [5.41, 5.74) is 9.42. The highest BCUT2D eigenvalue weighted by Crippen LogP contribution is 2.26. The molecule has 6 nitrogen and oxygen atoms in total. The third kappa shape index (κ3) is 3.78. The number of pyridine rings is 1. The summed E-state index contributed by atoms with van der Waals surface area (Å²) < 4.78 is 4.66. The van der Waals surface area contributed by atoms with Crippen LogP contribution in [0.25, 0.3) is 11.3 Å². The van der Waals surface area contributed by atoms with Crippen LogP contribution >= 0.6 is 0 Å². The molecule has 24 heavy (non-hydrogen) atoms. The molecule has 0 aliphatic heterocycles. The van der Waals surface area contributed by atoms with Gasteiger partial charge in [-0.15, -0.1) is 0 Å². The summed E-state index contributed by atoms with van der Waals surface area (Å²) in [5, 5.41) is 0. The van der Waals surface area contributed by atoms with Crippen LogP contribution in [0.1, 0.15) is 22.8 Å². The predicted molar refractivity (Wildman–Crippen MR) is 92.8 cm³/mol. The zero-order valence-electron chi connectivity index (χ0n) is 14.1. The number of nitrogens with zero attached hydrogens (tertiary/aromatic N) is 2. The molecule has 2 aromatic rings. The van der Waals surface area contributed by atoms with Gasteiger partial charge in [-0.3, -0.25) is 9.78 Å². The van der Waals surface area contributed by atoms with Crippen LogP contribution in [-0.2, 0) is 9.53 Å². The van der Waals surface area contributed by atoms with E-state index in [4.69, 9.17) is 5.73 Å². The zero-order valence-corrected chi connectivity index (χ0v) is 14.1. The lowest BCUT2D eigenvalue weighted by Gasteiger charge is -2.22. The van der Waals surface area contributed by atoms with E-state index in [-0.39, 0.29) is 5.91 Å². The Kier molecular flexibility index (Phi) is 5.65. The lowest BCUT2D eigenvalue weighted by Crippen LogP contribution is -2.34. The number of anilines is 1. The third-order valence-corrected chi connectivity index (χ3v) is 3.70. The minimum absolute atomic E-state index is 0.0446. The van der Waals surface area contributed by atoms with E-state index in [9.17, 15) is 9.59 Å². The van der Waals surface area contributed by atoms with Gasteiger partial charge in [0.15, 0.2) is 0 Å². The summed E-state index contributed by atoms with van der Waals surface area (Å²) in [6.07, 6.45) is 1.49. The minimum Gasteiger partial charge on any atom is -0.465 e. The molecule has 126 valence electrons. The van der Waals surface area contributed by atoms with E-state index in [1.54, 1.807) is 17.0 Å². The first-order chi connectivity index (χ1) is 11.5. The van der Waals surface area contributed by atoms with E-state index in [2.05, 4.69) is 9.72 Å². The molecule has 0 radical (unpaired) electrons. The Balaban J connectivity index is 2.32. The molecule has 0 saturated heterocycles. The maximum Gasteiger partial charge on any atom is 0.339 e. The minimum atomic E-state index is -0.417. The van der Waals surface area contributed by atoms with E-state index in [1.807, 2.05) is 25.1 Å². The van der Waals surface area contributed by atoms with Crippen LogP contribution in [-0.4, -0.2) is 37.1 Å². The Morgan fingerprint density at radius 1 is 1.25 bits per heavy atom. The van der Waals surface area contributed by atoms with Crippen molar-refractivity contribution in [2.45, 2.75) is 13.8 Å². The molecule has 0 unspecified atom stereocenters. The summed E-state index contributed by atoms with van der Waals surface area (Å²) in [7, 11) is 1.33. The smallest absolute Gasteiger partial charge is 0.339 e. The molecule has 0 fully saturated rings. The van der Waals surface area contributed by atoms with Crippen molar-refractivity contribution in [3.05, 3.63) is 47.7 Å². The SMILES string of the molecule is COC(=O)c1ccc(-c2ccc(N(CCN)C(C)=O)c(C)c2)nc1. The second-order valence-corrected chi connectivity index (χ2v) is 5.38. The predicted octanol–water partition coefficient (Wildman–Crippen LogP) is 2.16. The number of aromatic nitrogens is 1. The van der Waals surface area contributed by atoms with Gasteiger partial charge in [-0.1, -0.05) is 6.07 Å². The number of esters is 1. The van der Waals surface area contributed by atoms with Gasteiger partial charge in [-0.05, 0) is 36.8 Å². The van der Waals surface area contributed by atoms with Gasteiger partial charge in [0.2, 0.25) is 5.91 Å². The quantitative estimate of drug-likeness (QED) is 0.851. The van der Waals surface area contributed by atoms with Crippen molar-refractivity contribution in [3.63, 3.8) is 0 Å². The molecule has 0 bridgehead atoms. The second kappa shape index (κ2) is 7.70. The van der Waals surface area contributed by atoms with Crippen molar-refractivity contribution < 1.29 is 14.3 Å². The van der Waals surface area contributed by atoms with Crippen LogP contribution in [0.5, 0.6) is 0 Å². The Hall–Kier alpha value is -2.73. The Bertz CT molecular complexity index is 742. The number of nitrogens with two attached hydrogens (primary N) is 1. The molecule has 1 aromatic heterocycles. The molecule has 0 aliphatic rings. The van der Waals surface area contributed by atoms with Gasteiger partial charge >= 0.3 is 5.97 Å². The van der Waals surface area contributed by atoms with Crippen LogP contribution in [0, 0.1) is 6.92 Å².